The largest absolute Gasteiger partial charge is 0.317 e. The molecule has 1 unspecified atom stereocenters. The highest BCUT2D eigenvalue weighted by Crippen LogP contribution is 2.24. The quantitative estimate of drug-likeness (QED) is 0.659. The fourth-order valence-electron chi connectivity index (χ4n) is 2.41. The van der Waals surface area contributed by atoms with Gasteiger partial charge in [-0.25, -0.2) is 0 Å². The summed E-state index contributed by atoms with van der Waals surface area (Å²) in [6, 6.07) is 0.708. The first-order chi connectivity index (χ1) is 6.51. The molecule has 0 heterocycles. The molecule has 0 aliphatic heterocycles. The predicted octanol–water partition coefficient (Wildman–Crippen LogP) is 3.69. The lowest BCUT2D eigenvalue weighted by Gasteiger charge is -2.29. The first-order valence-corrected chi connectivity index (χ1v) is 6.18. The molecule has 0 aromatic heterocycles. The number of hydrogen-bond donors (Lipinski definition) is 1. The summed E-state index contributed by atoms with van der Waals surface area (Å²) >= 11 is 0. The van der Waals surface area contributed by atoms with Gasteiger partial charge in [0.1, 0.15) is 0 Å². The molecule has 0 aliphatic rings. The molecule has 0 saturated carbocycles. The predicted molar refractivity (Wildman–Crippen MR) is 65.5 cm³/mol. The molecule has 0 spiro atoms. The average Bonchev–Trinajstić information content (AvgIpc) is 2.03. The highest BCUT2D eigenvalue weighted by Gasteiger charge is 2.20. The van der Waals surface area contributed by atoms with Crippen LogP contribution in [-0.4, -0.2) is 13.1 Å². The van der Waals surface area contributed by atoms with Gasteiger partial charge in [-0.1, -0.05) is 34.6 Å². The Hall–Kier alpha value is -0.0400. The summed E-state index contributed by atoms with van der Waals surface area (Å²) in [5, 5.41) is 3.46. The molecule has 1 nitrogen and oxygen atoms in total. The van der Waals surface area contributed by atoms with E-state index in [1.54, 1.807) is 0 Å². The van der Waals surface area contributed by atoms with Crippen molar-refractivity contribution in [3.63, 3.8) is 0 Å². The molecule has 1 N–H and O–H groups in total. The third kappa shape index (κ3) is 5.64. The Kier molecular flexibility index (Phi) is 7.26. The van der Waals surface area contributed by atoms with Crippen LogP contribution in [0.15, 0.2) is 0 Å². The first kappa shape index (κ1) is 14.0. The van der Waals surface area contributed by atoms with Gasteiger partial charge >= 0.3 is 0 Å². The van der Waals surface area contributed by atoms with Gasteiger partial charge in [0.05, 0.1) is 0 Å². The standard InChI is InChI=1S/C13H29N/c1-7-13(14-6)12(8-10(2)3)9-11(4)5/h10-14H,7-9H2,1-6H3. The normalized spacial score (nSPS) is 14.4. The van der Waals surface area contributed by atoms with Crippen LogP contribution in [0.4, 0.5) is 0 Å². The van der Waals surface area contributed by atoms with E-state index in [4.69, 9.17) is 0 Å². The molecule has 0 fully saturated rings. The third-order valence-corrected chi connectivity index (χ3v) is 2.93. The van der Waals surface area contributed by atoms with Crippen LogP contribution in [0.25, 0.3) is 0 Å². The summed E-state index contributed by atoms with van der Waals surface area (Å²) < 4.78 is 0. The second kappa shape index (κ2) is 7.28. The van der Waals surface area contributed by atoms with Crippen LogP contribution in [0.2, 0.25) is 0 Å². The lowest BCUT2D eigenvalue weighted by Crippen LogP contribution is -2.34. The molecule has 0 aromatic rings. The van der Waals surface area contributed by atoms with Crippen LogP contribution in [-0.2, 0) is 0 Å². The van der Waals surface area contributed by atoms with Crippen LogP contribution in [0, 0.1) is 17.8 Å². The minimum absolute atomic E-state index is 0.708. The van der Waals surface area contributed by atoms with Crippen molar-refractivity contribution >= 4 is 0 Å². The maximum atomic E-state index is 3.46. The van der Waals surface area contributed by atoms with E-state index in [0.29, 0.717) is 6.04 Å². The zero-order valence-electron chi connectivity index (χ0n) is 10.9. The molecular formula is C13H29N. The van der Waals surface area contributed by atoms with Crippen molar-refractivity contribution in [3.8, 4) is 0 Å². The zero-order chi connectivity index (χ0) is 11.1. The molecule has 0 amide bonds. The van der Waals surface area contributed by atoms with Crippen molar-refractivity contribution in [3.05, 3.63) is 0 Å². The second-order valence-electron chi connectivity index (χ2n) is 5.32. The SMILES string of the molecule is CCC(NC)C(CC(C)C)CC(C)C. The summed E-state index contributed by atoms with van der Waals surface area (Å²) in [4.78, 5) is 0. The van der Waals surface area contributed by atoms with Crippen molar-refractivity contribution < 1.29 is 0 Å². The maximum absolute atomic E-state index is 3.46. The van der Waals surface area contributed by atoms with Gasteiger partial charge in [-0.15, -0.1) is 0 Å². The van der Waals surface area contributed by atoms with E-state index in [0.717, 1.165) is 17.8 Å². The Morgan fingerprint density at radius 3 is 1.57 bits per heavy atom. The molecular weight excluding hydrogens is 170 g/mol. The van der Waals surface area contributed by atoms with Crippen LogP contribution in [0.1, 0.15) is 53.9 Å². The Labute approximate surface area is 90.7 Å². The smallest absolute Gasteiger partial charge is 0.00898 e. The zero-order valence-corrected chi connectivity index (χ0v) is 10.9. The fraction of sp³-hybridized carbons (Fsp3) is 1.00. The fourth-order valence-corrected chi connectivity index (χ4v) is 2.41. The second-order valence-corrected chi connectivity index (χ2v) is 5.32. The van der Waals surface area contributed by atoms with Crippen molar-refractivity contribution in [2.24, 2.45) is 17.8 Å². The highest BCUT2D eigenvalue weighted by molar-refractivity contribution is 4.76. The molecule has 0 saturated heterocycles. The lowest BCUT2D eigenvalue weighted by molar-refractivity contribution is 0.263. The van der Waals surface area contributed by atoms with Gasteiger partial charge in [-0.2, -0.15) is 0 Å². The number of hydrogen-bond acceptors (Lipinski definition) is 1. The van der Waals surface area contributed by atoms with E-state index in [9.17, 15) is 0 Å². The molecule has 0 radical (unpaired) electrons. The van der Waals surface area contributed by atoms with Crippen molar-refractivity contribution in [1.29, 1.82) is 0 Å². The maximum Gasteiger partial charge on any atom is 0.00898 e. The number of rotatable bonds is 7. The van der Waals surface area contributed by atoms with E-state index in [1.807, 2.05) is 0 Å². The minimum atomic E-state index is 0.708. The van der Waals surface area contributed by atoms with Gasteiger partial charge in [-0.3, -0.25) is 0 Å². The number of nitrogens with one attached hydrogen (secondary N) is 1. The molecule has 1 heteroatoms. The van der Waals surface area contributed by atoms with E-state index in [2.05, 4.69) is 47.0 Å². The van der Waals surface area contributed by atoms with Crippen LogP contribution >= 0.6 is 0 Å². The van der Waals surface area contributed by atoms with Gasteiger partial charge in [0.25, 0.3) is 0 Å². The molecule has 1 atom stereocenters. The monoisotopic (exact) mass is 199 g/mol. The van der Waals surface area contributed by atoms with E-state index in [-0.39, 0.29) is 0 Å². The van der Waals surface area contributed by atoms with Crippen molar-refractivity contribution in [2.45, 2.75) is 59.9 Å². The van der Waals surface area contributed by atoms with Gasteiger partial charge < -0.3 is 5.32 Å². The molecule has 0 bridgehead atoms. The summed E-state index contributed by atoms with van der Waals surface area (Å²) in [5.74, 6) is 2.49. The van der Waals surface area contributed by atoms with E-state index >= 15 is 0 Å². The summed E-state index contributed by atoms with van der Waals surface area (Å²) in [6.45, 7) is 11.6. The van der Waals surface area contributed by atoms with Gasteiger partial charge in [0.15, 0.2) is 0 Å². The van der Waals surface area contributed by atoms with E-state index < -0.39 is 0 Å². The van der Waals surface area contributed by atoms with Gasteiger partial charge in [0, 0.05) is 6.04 Å². The van der Waals surface area contributed by atoms with E-state index in [1.165, 1.54) is 19.3 Å². The van der Waals surface area contributed by atoms with Crippen LogP contribution < -0.4 is 5.32 Å². The molecule has 0 aromatic carbocycles. The Balaban J connectivity index is 4.20. The summed E-state index contributed by atoms with van der Waals surface area (Å²) in [6.07, 6.45) is 3.97. The Morgan fingerprint density at radius 2 is 1.36 bits per heavy atom. The first-order valence-electron chi connectivity index (χ1n) is 6.18. The molecule has 14 heavy (non-hydrogen) atoms. The molecule has 0 aliphatic carbocycles. The Bertz CT molecular complexity index is 115. The third-order valence-electron chi connectivity index (χ3n) is 2.93. The lowest BCUT2D eigenvalue weighted by atomic mass is 9.83. The van der Waals surface area contributed by atoms with Crippen LogP contribution in [0.3, 0.4) is 0 Å². The van der Waals surface area contributed by atoms with Crippen molar-refractivity contribution in [2.75, 3.05) is 7.05 Å². The Morgan fingerprint density at radius 1 is 0.929 bits per heavy atom. The highest BCUT2D eigenvalue weighted by atomic mass is 14.9. The van der Waals surface area contributed by atoms with Gasteiger partial charge in [-0.05, 0) is 44.1 Å². The molecule has 86 valence electrons. The average molecular weight is 199 g/mol. The van der Waals surface area contributed by atoms with Crippen LogP contribution in [0.5, 0.6) is 0 Å². The van der Waals surface area contributed by atoms with Crippen molar-refractivity contribution in [1.82, 2.24) is 5.32 Å². The molecule has 0 rings (SSSR count). The van der Waals surface area contributed by atoms with Gasteiger partial charge in [0.2, 0.25) is 0 Å². The summed E-state index contributed by atoms with van der Waals surface area (Å²) in [7, 11) is 2.10. The summed E-state index contributed by atoms with van der Waals surface area (Å²) in [5.41, 5.74) is 0. The minimum Gasteiger partial charge on any atom is -0.317 e. The topological polar surface area (TPSA) is 12.0 Å².